The summed E-state index contributed by atoms with van der Waals surface area (Å²) in [4.78, 5) is 0.720. The van der Waals surface area contributed by atoms with Gasteiger partial charge < -0.3 is 5.73 Å². The first-order chi connectivity index (χ1) is 9.08. The number of hydrogen-bond donors (Lipinski definition) is 1. The van der Waals surface area contributed by atoms with Crippen LogP contribution in [0.15, 0.2) is 53.4 Å². The highest BCUT2D eigenvalue weighted by Gasteiger charge is 2.15. The van der Waals surface area contributed by atoms with E-state index < -0.39 is 16.8 Å². The Kier molecular flexibility index (Phi) is 4.45. The smallest absolute Gasteiger partial charge is 0.128 e. The van der Waals surface area contributed by atoms with Crippen LogP contribution in [0.25, 0.3) is 0 Å². The van der Waals surface area contributed by atoms with Crippen molar-refractivity contribution in [1.29, 1.82) is 0 Å². The van der Waals surface area contributed by atoms with E-state index in [4.69, 9.17) is 5.73 Å². The van der Waals surface area contributed by atoms with Crippen molar-refractivity contribution in [1.82, 2.24) is 0 Å². The van der Waals surface area contributed by atoms with Crippen LogP contribution in [-0.2, 0) is 10.8 Å². The Morgan fingerprint density at radius 1 is 1.16 bits per heavy atom. The molecule has 2 aromatic rings. The van der Waals surface area contributed by atoms with Gasteiger partial charge >= 0.3 is 0 Å². The van der Waals surface area contributed by atoms with Crippen LogP contribution < -0.4 is 5.73 Å². The van der Waals surface area contributed by atoms with Crippen molar-refractivity contribution in [3.8, 4) is 0 Å². The summed E-state index contributed by atoms with van der Waals surface area (Å²) in [6, 6.07) is 13.2. The molecule has 0 fully saturated rings. The fourth-order valence-electron chi connectivity index (χ4n) is 1.81. The topological polar surface area (TPSA) is 43.1 Å². The van der Waals surface area contributed by atoms with Crippen LogP contribution in [0.3, 0.4) is 0 Å². The van der Waals surface area contributed by atoms with Gasteiger partial charge in [0.2, 0.25) is 0 Å². The standard InChI is InChI=1S/C15H16FNOS/c1-11-6-8-12(9-7-11)19(18)10-15(17)13-4-2-3-5-14(13)16/h2-9,15H,10,17H2,1H3/t15-,19-/m1/s1. The molecular formula is C15H16FNOS. The lowest BCUT2D eigenvalue weighted by Crippen LogP contribution is -2.19. The van der Waals surface area contributed by atoms with E-state index in [0.717, 1.165) is 10.5 Å². The van der Waals surface area contributed by atoms with E-state index in [1.807, 2.05) is 31.2 Å². The Labute approximate surface area is 114 Å². The van der Waals surface area contributed by atoms with Gasteiger partial charge in [-0.15, -0.1) is 0 Å². The van der Waals surface area contributed by atoms with Gasteiger partial charge in [0.25, 0.3) is 0 Å². The molecule has 0 spiro atoms. The highest BCUT2D eigenvalue weighted by Crippen LogP contribution is 2.18. The van der Waals surface area contributed by atoms with Gasteiger partial charge in [-0.05, 0) is 25.1 Å². The summed E-state index contributed by atoms with van der Waals surface area (Å²) >= 11 is 0. The zero-order valence-electron chi connectivity index (χ0n) is 10.7. The molecule has 2 N–H and O–H groups in total. The molecule has 0 bridgehead atoms. The zero-order valence-corrected chi connectivity index (χ0v) is 11.5. The summed E-state index contributed by atoms with van der Waals surface area (Å²) in [5.74, 6) is -0.139. The van der Waals surface area contributed by atoms with Crippen LogP contribution in [0.1, 0.15) is 17.2 Å². The second-order valence-corrected chi connectivity index (χ2v) is 5.95. The van der Waals surface area contributed by atoms with Gasteiger partial charge in [-0.25, -0.2) is 4.39 Å². The third kappa shape index (κ3) is 3.49. The average molecular weight is 277 g/mol. The fourth-order valence-corrected chi connectivity index (χ4v) is 2.95. The summed E-state index contributed by atoms with van der Waals surface area (Å²) in [5.41, 5.74) is 7.45. The number of hydrogen-bond acceptors (Lipinski definition) is 2. The van der Waals surface area contributed by atoms with Crippen molar-refractivity contribution in [3.63, 3.8) is 0 Å². The van der Waals surface area contributed by atoms with E-state index in [2.05, 4.69) is 0 Å². The van der Waals surface area contributed by atoms with E-state index >= 15 is 0 Å². The van der Waals surface area contributed by atoms with Crippen molar-refractivity contribution in [3.05, 3.63) is 65.5 Å². The Balaban J connectivity index is 2.11. The van der Waals surface area contributed by atoms with E-state index in [1.165, 1.54) is 6.07 Å². The average Bonchev–Trinajstić information content (AvgIpc) is 2.39. The Morgan fingerprint density at radius 2 is 1.79 bits per heavy atom. The van der Waals surface area contributed by atoms with Crippen LogP contribution in [0.4, 0.5) is 4.39 Å². The maximum atomic E-state index is 13.6. The molecule has 2 atom stereocenters. The van der Waals surface area contributed by atoms with Gasteiger partial charge in [0.15, 0.2) is 0 Å². The Morgan fingerprint density at radius 3 is 2.42 bits per heavy atom. The summed E-state index contributed by atoms with van der Waals surface area (Å²) < 4.78 is 25.7. The summed E-state index contributed by atoms with van der Waals surface area (Å²) in [6.07, 6.45) is 0. The molecule has 0 aliphatic carbocycles. The monoisotopic (exact) mass is 277 g/mol. The van der Waals surface area contributed by atoms with Crippen LogP contribution in [0, 0.1) is 12.7 Å². The van der Waals surface area contributed by atoms with Gasteiger partial charge in [0.05, 0.1) is 10.8 Å². The second-order valence-electron chi connectivity index (χ2n) is 4.45. The van der Waals surface area contributed by atoms with Gasteiger partial charge in [0, 0.05) is 22.3 Å². The molecule has 0 amide bonds. The number of aryl methyl sites for hydroxylation is 1. The van der Waals surface area contributed by atoms with Crippen LogP contribution in [-0.4, -0.2) is 9.96 Å². The SMILES string of the molecule is Cc1ccc([S@](=O)C[C@@H](N)c2ccccc2F)cc1. The highest BCUT2D eigenvalue weighted by molar-refractivity contribution is 7.85. The third-order valence-electron chi connectivity index (χ3n) is 2.92. The first kappa shape index (κ1) is 13.9. The summed E-state index contributed by atoms with van der Waals surface area (Å²) in [5, 5.41) is 0. The summed E-state index contributed by atoms with van der Waals surface area (Å²) in [6.45, 7) is 1.97. The molecule has 0 aliphatic rings. The fraction of sp³-hybridized carbons (Fsp3) is 0.200. The number of benzene rings is 2. The van der Waals surface area contributed by atoms with Crippen molar-refractivity contribution in [2.24, 2.45) is 5.73 Å². The molecule has 4 heteroatoms. The van der Waals surface area contributed by atoms with Crippen molar-refractivity contribution in [2.45, 2.75) is 17.9 Å². The quantitative estimate of drug-likeness (QED) is 0.933. The first-order valence-electron chi connectivity index (χ1n) is 6.03. The molecule has 0 heterocycles. The molecule has 19 heavy (non-hydrogen) atoms. The van der Waals surface area contributed by atoms with Gasteiger partial charge in [0.1, 0.15) is 5.82 Å². The molecule has 0 aromatic heterocycles. The largest absolute Gasteiger partial charge is 0.323 e. The zero-order chi connectivity index (χ0) is 13.8. The first-order valence-corrected chi connectivity index (χ1v) is 7.35. The normalized spacial score (nSPS) is 14.1. The molecule has 0 unspecified atom stereocenters. The highest BCUT2D eigenvalue weighted by atomic mass is 32.2. The van der Waals surface area contributed by atoms with Gasteiger partial charge in [-0.2, -0.15) is 0 Å². The summed E-state index contributed by atoms with van der Waals surface area (Å²) in [7, 11) is -1.22. The lowest BCUT2D eigenvalue weighted by Gasteiger charge is -2.12. The molecular weight excluding hydrogens is 261 g/mol. The minimum Gasteiger partial charge on any atom is -0.323 e. The minimum atomic E-state index is -1.22. The van der Waals surface area contributed by atoms with E-state index in [-0.39, 0.29) is 11.6 Å². The van der Waals surface area contributed by atoms with Crippen molar-refractivity contribution >= 4 is 10.8 Å². The van der Waals surface area contributed by atoms with Crippen molar-refractivity contribution < 1.29 is 8.60 Å². The number of rotatable bonds is 4. The molecule has 2 aromatic carbocycles. The molecule has 2 rings (SSSR count). The molecule has 0 saturated heterocycles. The number of nitrogens with two attached hydrogens (primary N) is 1. The third-order valence-corrected chi connectivity index (χ3v) is 4.38. The van der Waals surface area contributed by atoms with Crippen LogP contribution in [0.5, 0.6) is 0 Å². The van der Waals surface area contributed by atoms with Gasteiger partial charge in [-0.1, -0.05) is 35.9 Å². The number of halogens is 1. The van der Waals surface area contributed by atoms with E-state index in [0.29, 0.717) is 5.56 Å². The predicted molar refractivity (Wildman–Crippen MR) is 75.8 cm³/mol. The van der Waals surface area contributed by atoms with E-state index in [9.17, 15) is 8.60 Å². The lowest BCUT2D eigenvalue weighted by atomic mass is 10.1. The van der Waals surface area contributed by atoms with Crippen LogP contribution in [0.2, 0.25) is 0 Å². The molecule has 0 aliphatic heterocycles. The minimum absolute atomic E-state index is 0.212. The predicted octanol–water partition coefficient (Wildman–Crippen LogP) is 2.94. The Hall–Kier alpha value is -1.52. The van der Waals surface area contributed by atoms with Crippen LogP contribution >= 0.6 is 0 Å². The molecule has 0 radical (unpaired) electrons. The lowest BCUT2D eigenvalue weighted by molar-refractivity contribution is 0.593. The Bertz CT molecular complexity index is 583. The van der Waals surface area contributed by atoms with Crippen molar-refractivity contribution in [2.75, 3.05) is 5.75 Å². The molecule has 0 saturated carbocycles. The van der Waals surface area contributed by atoms with E-state index in [1.54, 1.807) is 18.2 Å². The maximum Gasteiger partial charge on any atom is 0.128 e. The second kappa shape index (κ2) is 6.08. The molecule has 100 valence electrons. The molecule has 2 nitrogen and oxygen atoms in total. The maximum absolute atomic E-state index is 13.6. The van der Waals surface area contributed by atoms with Gasteiger partial charge in [-0.3, -0.25) is 4.21 Å².